The Bertz CT molecular complexity index is 727. The molecular formula is C15H16ClN3O2. The van der Waals surface area contributed by atoms with Gasteiger partial charge in [0.25, 0.3) is 5.56 Å². The highest BCUT2D eigenvalue weighted by Crippen LogP contribution is 2.28. The van der Waals surface area contributed by atoms with Gasteiger partial charge in [0.15, 0.2) is 0 Å². The Morgan fingerprint density at radius 1 is 1.33 bits per heavy atom. The van der Waals surface area contributed by atoms with Gasteiger partial charge in [-0.25, -0.2) is 4.98 Å². The van der Waals surface area contributed by atoms with Crippen LogP contribution in [0.4, 0.5) is 11.6 Å². The van der Waals surface area contributed by atoms with Gasteiger partial charge < -0.3 is 10.1 Å². The fraction of sp³-hybridized carbons (Fsp3) is 0.333. The lowest BCUT2D eigenvalue weighted by Gasteiger charge is -2.15. The zero-order valence-electron chi connectivity index (χ0n) is 11.7. The van der Waals surface area contributed by atoms with Gasteiger partial charge in [0.1, 0.15) is 5.75 Å². The van der Waals surface area contributed by atoms with Crippen molar-refractivity contribution in [3.63, 3.8) is 0 Å². The summed E-state index contributed by atoms with van der Waals surface area (Å²) in [6.45, 7) is 0. The summed E-state index contributed by atoms with van der Waals surface area (Å²) in [7, 11) is 1.57. The molecule has 110 valence electrons. The van der Waals surface area contributed by atoms with Crippen LogP contribution < -0.4 is 15.6 Å². The number of aromatic nitrogens is 2. The normalized spacial score (nSPS) is 13.6. The number of hydrogen-bond donors (Lipinski definition) is 2. The number of H-pyrrole nitrogens is 1. The van der Waals surface area contributed by atoms with Crippen molar-refractivity contribution in [2.75, 3.05) is 12.4 Å². The molecule has 0 fully saturated rings. The molecule has 0 saturated carbocycles. The van der Waals surface area contributed by atoms with Crippen LogP contribution in [0, 0.1) is 0 Å². The van der Waals surface area contributed by atoms with E-state index in [2.05, 4.69) is 15.3 Å². The third kappa shape index (κ3) is 2.88. The Kier molecular flexibility index (Phi) is 3.84. The SMILES string of the molecule is COc1ccc(Nc2nc3c(c(=O)[nH]2)CCCC3)cc1Cl. The number of ether oxygens (including phenoxy) is 1. The zero-order valence-corrected chi connectivity index (χ0v) is 12.5. The fourth-order valence-corrected chi connectivity index (χ4v) is 2.80. The van der Waals surface area contributed by atoms with E-state index >= 15 is 0 Å². The number of halogens is 1. The van der Waals surface area contributed by atoms with Crippen LogP contribution in [0.25, 0.3) is 0 Å². The number of nitrogens with zero attached hydrogens (tertiary/aromatic N) is 1. The molecule has 0 spiro atoms. The van der Waals surface area contributed by atoms with Crippen molar-refractivity contribution in [2.24, 2.45) is 0 Å². The molecule has 0 radical (unpaired) electrons. The molecule has 1 heterocycles. The average Bonchev–Trinajstić information content (AvgIpc) is 2.47. The number of aryl methyl sites for hydroxylation is 1. The average molecular weight is 306 g/mol. The van der Waals surface area contributed by atoms with Crippen LogP contribution in [-0.2, 0) is 12.8 Å². The number of benzene rings is 1. The summed E-state index contributed by atoms with van der Waals surface area (Å²) in [5.41, 5.74) is 2.41. The molecule has 1 aliphatic carbocycles. The molecule has 5 nitrogen and oxygen atoms in total. The number of methoxy groups -OCH3 is 1. The zero-order chi connectivity index (χ0) is 14.8. The van der Waals surface area contributed by atoms with Crippen molar-refractivity contribution < 1.29 is 4.74 Å². The number of nitrogens with one attached hydrogen (secondary N) is 2. The van der Waals surface area contributed by atoms with Gasteiger partial charge in [0, 0.05) is 11.3 Å². The molecular weight excluding hydrogens is 290 g/mol. The quantitative estimate of drug-likeness (QED) is 0.914. The van der Waals surface area contributed by atoms with Gasteiger partial charge in [-0.15, -0.1) is 0 Å². The highest BCUT2D eigenvalue weighted by atomic mass is 35.5. The second-order valence-electron chi connectivity index (χ2n) is 5.02. The van der Waals surface area contributed by atoms with Crippen LogP contribution in [0.15, 0.2) is 23.0 Å². The van der Waals surface area contributed by atoms with Crippen LogP contribution in [0.3, 0.4) is 0 Å². The third-order valence-corrected chi connectivity index (χ3v) is 3.90. The molecule has 0 amide bonds. The molecule has 2 N–H and O–H groups in total. The molecule has 1 aromatic carbocycles. The smallest absolute Gasteiger partial charge is 0.255 e. The van der Waals surface area contributed by atoms with Crippen molar-refractivity contribution >= 4 is 23.2 Å². The van der Waals surface area contributed by atoms with Gasteiger partial charge in [-0.05, 0) is 43.9 Å². The third-order valence-electron chi connectivity index (χ3n) is 3.61. The second kappa shape index (κ2) is 5.77. The summed E-state index contributed by atoms with van der Waals surface area (Å²) in [4.78, 5) is 19.3. The predicted molar refractivity (Wildman–Crippen MR) is 82.8 cm³/mol. The first-order chi connectivity index (χ1) is 10.2. The monoisotopic (exact) mass is 305 g/mol. The van der Waals surface area contributed by atoms with E-state index in [1.165, 1.54) is 0 Å². The number of rotatable bonds is 3. The molecule has 0 saturated heterocycles. The lowest BCUT2D eigenvalue weighted by molar-refractivity contribution is 0.415. The molecule has 21 heavy (non-hydrogen) atoms. The predicted octanol–water partition coefficient (Wildman–Crippen LogP) is 3.05. The van der Waals surface area contributed by atoms with E-state index < -0.39 is 0 Å². The maximum Gasteiger partial charge on any atom is 0.255 e. The summed E-state index contributed by atoms with van der Waals surface area (Å²) in [5, 5.41) is 3.58. The van der Waals surface area contributed by atoms with E-state index in [0.29, 0.717) is 16.7 Å². The minimum atomic E-state index is -0.0539. The summed E-state index contributed by atoms with van der Waals surface area (Å²) < 4.78 is 5.11. The Balaban J connectivity index is 1.90. The van der Waals surface area contributed by atoms with E-state index in [1.54, 1.807) is 19.2 Å². The van der Waals surface area contributed by atoms with Gasteiger partial charge in [-0.3, -0.25) is 9.78 Å². The van der Waals surface area contributed by atoms with E-state index in [1.807, 2.05) is 6.07 Å². The molecule has 6 heteroatoms. The van der Waals surface area contributed by atoms with E-state index in [4.69, 9.17) is 16.3 Å². The molecule has 2 aromatic rings. The summed E-state index contributed by atoms with van der Waals surface area (Å²) in [6.07, 6.45) is 3.81. The van der Waals surface area contributed by atoms with Gasteiger partial charge in [0.05, 0.1) is 17.8 Å². The van der Waals surface area contributed by atoms with Crippen LogP contribution >= 0.6 is 11.6 Å². The van der Waals surface area contributed by atoms with Crippen LogP contribution in [0.2, 0.25) is 5.02 Å². The van der Waals surface area contributed by atoms with E-state index in [9.17, 15) is 4.79 Å². The summed E-state index contributed by atoms with van der Waals surface area (Å²) >= 11 is 6.09. The minimum Gasteiger partial charge on any atom is -0.495 e. The number of aromatic amines is 1. The van der Waals surface area contributed by atoms with Crippen LogP contribution in [-0.4, -0.2) is 17.1 Å². The number of anilines is 2. The van der Waals surface area contributed by atoms with Gasteiger partial charge in [0.2, 0.25) is 5.95 Å². The highest BCUT2D eigenvalue weighted by molar-refractivity contribution is 6.32. The van der Waals surface area contributed by atoms with Gasteiger partial charge >= 0.3 is 0 Å². The molecule has 0 bridgehead atoms. The first kappa shape index (κ1) is 13.9. The second-order valence-corrected chi connectivity index (χ2v) is 5.43. The molecule has 1 aliphatic rings. The van der Waals surface area contributed by atoms with Crippen LogP contribution in [0.5, 0.6) is 5.75 Å². The summed E-state index contributed by atoms with van der Waals surface area (Å²) in [6, 6.07) is 5.32. The van der Waals surface area contributed by atoms with Crippen LogP contribution in [0.1, 0.15) is 24.1 Å². The highest BCUT2D eigenvalue weighted by Gasteiger charge is 2.15. The fourth-order valence-electron chi connectivity index (χ4n) is 2.54. The molecule has 3 rings (SSSR count). The van der Waals surface area contributed by atoms with Crippen molar-refractivity contribution in [3.05, 3.63) is 44.8 Å². The largest absolute Gasteiger partial charge is 0.495 e. The molecule has 1 aromatic heterocycles. The van der Waals surface area contributed by atoms with Crippen molar-refractivity contribution in [3.8, 4) is 5.75 Å². The standard InChI is InChI=1S/C15H16ClN3O2/c1-21-13-7-6-9(8-11(13)16)17-15-18-12-5-3-2-4-10(12)14(20)19-15/h6-8H,2-5H2,1H3,(H2,17,18,19,20). The van der Waals surface area contributed by atoms with Gasteiger partial charge in [-0.1, -0.05) is 11.6 Å². The minimum absolute atomic E-state index is 0.0539. The van der Waals surface area contributed by atoms with Crippen molar-refractivity contribution in [1.82, 2.24) is 9.97 Å². The molecule has 0 aliphatic heterocycles. The maximum absolute atomic E-state index is 12.1. The Labute approximate surface area is 127 Å². The first-order valence-electron chi connectivity index (χ1n) is 6.90. The van der Waals surface area contributed by atoms with E-state index in [0.717, 1.165) is 42.6 Å². The van der Waals surface area contributed by atoms with Crippen molar-refractivity contribution in [2.45, 2.75) is 25.7 Å². The number of fused-ring (bicyclic) bond motifs is 1. The Morgan fingerprint density at radius 3 is 2.90 bits per heavy atom. The van der Waals surface area contributed by atoms with E-state index in [-0.39, 0.29) is 5.56 Å². The topological polar surface area (TPSA) is 67.0 Å². The lowest BCUT2D eigenvalue weighted by Crippen LogP contribution is -2.22. The Hall–Kier alpha value is -2.01. The molecule has 0 unspecified atom stereocenters. The van der Waals surface area contributed by atoms with Crippen molar-refractivity contribution in [1.29, 1.82) is 0 Å². The first-order valence-corrected chi connectivity index (χ1v) is 7.28. The molecule has 0 atom stereocenters. The lowest BCUT2D eigenvalue weighted by atomic mass is 9.97. The Morgan fingerprint density at radius 2 is 2.14 bits per heavy atom. The van der Waals surface area contributed by atoms with Gasteiger partial charge in [-0.2, -0.15) is 0 Å². The number of hydrogen-bond acceptors (Lipinski definition) is 4. The maximum atomic E-state index is 12.1. The summed E-state index contributed by atoms with van der Waals surface area (Å²) in [5.74, 6) is 1.05.